The molecule has 128 valence electrons. The average Bonchev–Trinajstić information content (AvgIpc) is 2.63. The number of benzene rings is 1. The largest absolute Gasteiger partial charge is 0.388 e. The molecule has 0 aliphatic carbocycles. The summed E-state index contributed by atoms with van der Waals surface area (Å²) < 4.78 is 0. The van der Waals surface area contributed by atoms with Gasteiger partial charge in [0.2, 0.25) is 0 Å². The Bertz CT molecular complexity index is 690. The van der Waals surface area contributed by atoms with Gasteiger partial charge in [-0.15, -0.1) is 0 Å². The van der Waals surface area contributed by atoms with Gasteiger partial charge in [0.1, 0.15) is 0 Å². The maximum absolute atomic E-state index is 5.06. The van der Waals surface area contributed by atoms with Crippen LogP contribution in [0.15, 0.2) is 24.4 Å². The lowest BCUT2D eigenvalue weighted by molar-refractivity contribution is 0.570. The molecule has 1 aliphatic rings. The standard InChI is InChI=1S/C20H28N4/c1-4-8-18-20(24-11-6-5-7-12-24)23-19(14-22-18)17-13-16(21-3)10-9-15(17)2/h9-10,13-14,21H,4-8,11-12H2,1-3H3. The molecule has 1 N–H and O–H groups in total. The Morgan fingerprint density at radius 1 is 1.17 bits per heavy atom. The van der Waals surface area contributed by atoms with Crippen molar-refractivity contribution in [1.29, 1.82) is 0 Å². The van der Waals surface area contributed by atoms with Gasteiger partial charge >= 0.3 is 0 Å². The van der Waals surface area contributed by atoms with E-state index in [1.807, 2.05) is 13.2 Å². The van der Waals surface area contributed by atoms with Crippen molar-refractivity contribution in [2.24, 2.45) is 0 Å². The summed E-state index contributed by atoms with van der Waals surface area (Å²) in [6.45, 7) is 6.54. The van der Waals surface area contributed by atoms with E-state index in [1.165, 1.54) is 24.8 Å². The maximum atomic E-state index is 5.06. The fourth-order valence-electron chi connectivity index (χ4n) is 3.36. The molecule has 4 nitrogen and oxygen atoms in total. The van der Waals surface area contributed by atoms with Gasteiger partial charge < -0.3 is 10.2 Å². The van der Waals surface area contributed by atoms with Crippen LogP contribution in [-0.4, -0.2) is 30.1 Å². The van der Waals surface area contributed by atoms with E-state index in [9.17, 15) is 0 Å². The number of hydrogen-bond acceptors (Lipinski definition) is 4. The summed E-state index contributed by atoms with van der Waals surface area (Å²) in [5.74, 6) is 1.10. The fraction of sp³-hybridized carbons (Fsp3) is 0.500. The highest BCUT2D eigenvalue weighted by Crippen LogP contribution is 2.29. The molecule has 1 aromatic heterocycles. The van der Waals surface area contributed by atoms with Crippen LogP contribution < -0.4 is 10.2 Å². The molecule has 0 amide bonds. The molecule has 0 unspecified atom stereocenters. The number of rotatable bonds is 5. The van der Waals surface area contributed by atoms with Gasteiger partial charge in [0, 0.05) is 31.4 Å². The molecule has 0 saturated carbocycles. The number of piperidine rings is 1. The average molecular weight is 324 g/mol. The van der Waals surface area contributed by atoms with E-state index in [1.54, 1.807) is 0 Å². The van der Waals surface area contributed by atoms with Crippen molar-refractivity contribution in [3.8, 4) is 11.3 Å². The van der Waals surface area contributed by atoms with Gasteiger partial charge in [-0.3, -0.25) is 4.98 Å². The molecule has 1 aromatic carbocycles. The lowest BCUT2D eigenvalue weighted by Crippen LogP contribution is -2.31. The minimum Gasteiger partial charge on any atom is -0.388 e. The Morgan fingerprint density at radius 3 is 2.67 bits per heavy atom. The Morgan fingerprint density at radius 2 is 1.96 bits per heavy atom. The molecular weight excluding hydrogens is 296 g/mol. The molecule has 1 aliphatic heterocycles. The van der Waals surface area contributed by atoms with Crippen molar-refractivity contribution in [3.63, 3.8) is 0 Å². The van der Waals surface area contributed by atoms with E-state index >= 15 is 0 Å². The summed E-state index contributed by atoms with van der Waals surface area (Å²) in [5.41, 5.74) is 5.62. The first kappa shape index (κ1) is 16.7. The lowest BCUT2D eigenvalue weighted by Gasteiger charge is -2.29. The summed E-state index contributed by atoms with van der Waals surface area (Å²) in [5, 5.41) is 3.22. The van der Waals surface area contributed by atoms with E-state index in [4.69, 9.17) is 9.97 Å². The normalized spacial score (nSPS) is 14.7. The molecule has 2 heterocycles. The third-order valence-electron chi connectivity index (χ3n) is 4.77. The minimum atomic E-state index is 0.977. The monoisotopic (exact) mass is 324 g/mol. The van der Waals surface area contributed by atoms with Crippen LogP contribution in [0, 0.1) is 6.92 Å². The van der Waals surface area contributed by atoms with Gasteiger partial charge in [-0.2, -0.15) is 0 Å². The van der Waals surface area contributed by atoms with Crippen LogP contribution >= 0.6 is 0 Å². The second-order valence-corrected chi connectivity index (χ2v) is 6.60. The molecule has 0 bridgehead atoms. The van der Waals surface area contributed by atoms with Crippen LogP contribution in [0.2, 0.25) is 0 Å². The molecule has 24 heavy (non-hydrogen) atoms. The fourth-order valence-corrected chi connectivity index (χ4v) is 3.36. The number of nitrogens with one attached hydrogen (secondary N) is 1. The number of nitrogens with zero attached hydrogens (tertiary/aromatic N) is 3. The summed E-state index contributed by atoms with van der Waals surface area (Å²) in [6.07, 6.45) is 7.88. The molecule has 1 fully saturated rings. The molecule has 2 aromatic rings. The van der Waals surface area contributed by atoms with E-state index in [0.29, 0.717) is 0 Å². The van der Waals surface area contributed by atoms with Crippen LogP contribution in [0.1, 0.15) is 43.9 Å². The van der Waals surface area contributed by atoms with Crippen molar-refractivity contribution in [2.45, 2.75) is 46.0 Å². The third kappa shape index (κ3) is 3.53. The molecule has 0 atom stereocenters. The molecular formula is C20H28N4. The molecule has 3 rings (SSSR count). The second-order valence-electron chi connectivity index (χ2n) is 6.60. The number of anilines is 2. The first-order valence-corrected chi connectivity index (χ1v) is 9.12. The van der Waals surface area contributed by atoms with Gasteiger partial charge in [0.15, 0.2) is 5.82 Å². The van der Waals surface area contributed by atoms with Crippen molar-refractivity contribution in [3.05, 3.63) is 35.7 Å². The lowest BCUT2D eigenvalue weighted by atomic mass is 10.0. The highest BCUT2D eigenvalue weighted by Gasteiger charge is 2.18. The third-order valence-corrected chi connectivity index (χ3v) is 4.77. The van der Waals surface area contributed by atoms with Gasteiger partial charge in [-0.25, -0.2) is 4.98 Å². The smallest absolute Gasteiger partial charge is 0.151 e. The Kier molecular flexibility index (Phi) is 5.34. The highest BCUT2D eigenvalue weighted by molar-refractivity contribution is 5.69. The predicted molar refractivity (Wildman–Crippen MR) is 102 cm³/mol. The topological polar surface area (TPSA) is 41.1 Å². The van der Waals surface area contributed by atoms with Gasteiger partial charge in [-0.1, -0.05) is 19.4 Å². The summed E-state index contributed by atoms with van der Waals surface area (Å²) in [4.78, 5) is 12.3. The number of hydrogen-bond donors (Lipinski definition) is 1. The van der Waals surface area contributed by atoms with Crippen LogP contribution in [0.25, 0.3) is 11.3 Å². The molecule has 1 saturated heterocycles. The Hall–Kier alpha value is -2.10. The van der Waals surface area contributed by atoms with Crippen molar-refractivity contribution < 1.29 is 0 Å². The summed E-state index contributed by atoms with van der Waals surface area (Å²) in [6, 6.07) is 6.41. The quantitative estimate of drug-likeness (QED) is 0.883. The van der Waals surface area contributed by atoms with E-state index in [0.717, 1.165) is 54.4 Å². The van der Waals surface area contributed by atoms with E-state index in [2.05, 4.69) is 42.3 Å². The van der Waals surface area contributed by atoms with Crippen LogP contribution in [0.4, 0.5) is 11.5 Å². The first-order valence-electron chi connectivity index (χ1n) is 9.12. The van der Waals surface area contributed by atoms with Crippen LogP contribution in [0.5, 0.6) is 0 Å². The highest BCUT2D eigenvalue weighted by atomic mass is 15.2. The molecule has 0 spiro atoms. The van der Waals surface area contributed by atoms with Gasteiger partial charge in [0.25, 0.3) is 0 Å². The van der Waals surface area contributed by atoms with E-state index < -0.39 is 0 Å². The van der Waals surface area contributed by atoms with Crippen molar-refractivity contribution >= 4 is 11.5 Å². The second kappa shape index (κ2) is 7.65. The molecule has 0 radical (unpaired) electrons. The van der Waals surface area contributed by atoms with E-state index in [-0.39, 0.29) is 0 Å². The Labute approximate surface area is 145 Å². The molecule has 4 heteroatoms. The SMILES string of the molecule is CCCc1ncc(-c2cc(NC)ccc2C)nc1N1CCCCC1. The van der Waals surface area contributed by atoms with Crippen LogP contribution in [-0.2, 0) is 6.42 Å². The predicted octanol–water partition coefficient (Wildman–Crippen LogP) is 4.44. The summed E-state index contributed by atoms with van der Waals surface area (Å²) in [7, 11) is 1.95. The Balaban J connectivity index is 2.03. The zero-order valence-electron chi connectivity index (χ0n) is 15.1. The van der Waals surface area contributed by atoms with Crippen LogP contribution in [0.3, 0.4) is 0 Å². The number of aryl methyl sites for hydroxylation is 2. The summed E-state index contributed by atoms with van der Waals surface area (Å²) >= 11 is 0. The number of aromatic nitrogens is 2. The minimum absolute atomic E-state index is 0.977. The van der Waals surface area contributed by atoms with Crippen molar-refractivity contribution in [2.75, 3.05) is 30.4 Å². The maximum Gasteiger partial charge on any atom is 0.151 e. The first-order chi connectivity index (χ1) is 11.7. The van der Waals surface area contributed by atoms with Gasteiger partial charge in [-0.05, 0) is 50.3 Å². The zero-order chi connectivity index (χ0) is 16.9. The van der Waals surface area contributed by atoms with Gasteiger partial charge in [0.05, 0.1) is 17.6 Å². The van der Waals surface area contributed by atoms with Crippen molar-refractivity contribution in [1.82, 2.24) is 9.97 Å². The zero-order valence-corrected chi connectivity index (χ0v) is 15.1.